The van der Waals surface area contributed by atoms with Crippen molar-refractivity contribution in [2.75, 3.05) is 11.9 Å². The van der Waals surface area contributed by atoms with Crippen LogP contribution in [0.15, 0.2) is 79.1 Å². The highest BCUT2D eigenvalue weighted by atomic mass is 16.5. The Balaban J connectivity index is 1.90. The molecule has 1 amide bonds. The van der Waals surface area contributed by atoms with Gasteiger partial charge in [0.2, 0.25) is 0 Å². The molecule has 126 valence electrons. The molecule has 1 unspecified atom stereocenters. The van der Waals surface area contributed by atoms with Crippen molar-refractivity contribution in [1.29, 1.82) is 0 Å². The summed E-state index contributed by atoms with van der Waals surface area (Å²) in [6, 6.07) is 21.0. The van der Waals surface area contributed by atoms with Gasteiger partial charge in [0.15, 0.2) is 0 Å². The van der Waals surface area contributed by atoms with E-state index in [1.165, 1.54) is 0 Å². The molecule has 1 heterocycles. The minimum absolute atomic E-state index is 0.457. The minimum Gasteiger partial charge on any atom is -0.345 e. The molecule has 2 N–H and O–H groups in total. The summed E-state index contributed by atoms with van der Waals surface area (Å²) >= 11 is 0. The highest BCUT2D eigenvalue weighted by Crippen LogP contribution is 2.28. The molecule has 3 rings (SSSR count). The Hall–Kier alpha value is -3.18. The first-order valence-electron chi connectivity index (χ1n) is 7.93. The van der Waals surface area contributed by atoms with Crippen LogP contribution in [0.1, 0.15) is 17.0 Å². The monoisotopic (exact) mass is 333 g/mol. The molecule has 25 heavy (non-hydrogen) atoms. The summed E-state index contributed by atoms with van der Waals surface area (Å²) in [6.45, 7) is 0. The number of carbonyl (C=O) groups excluding carboxylic acids is 1. The second-order valence-electron chi connectivity index (χ2n) is 5.68. The van der Waals surface area contributed by atoms with Gasteiger partial charge in [-0.3, -0.25) is 15.0 Å². The normalized spacial score (nSPS) is 11.6. The van der Waals surface area contributed by atoms with Crippen molar-refractivity contribution < 1.29 is 10.0 Å². The van der Waals surface area contributed by atoms with Crippen molar-refractivity contribution >= 4 is 17.3 Å². The van der Waals surface area contributed by atoms with Gasteiger partial charge in [0.1, 0.15) is 0 Å². The van der Waals surface area contributed by atoms with Crippen LogP contribution in [0.3, 0.4) is 0 Å². The fraction of sp³-hybridized carbons (Fsp3) is 0.100. The number of benzene rings is 2. The number of hydrogen-bond donors (Lipinski definition) is 2. The molecule has 0 bridgehead atoms. The lowest BCUT2D eigenvalue weighted by Gasteiger charge is -2.21. The summed E-state index contributed by atoms with van der Waals surface area (Å²) in [5.74, 6) is -1.02. The predicted octanol–water partition coefficient (Wildman–Crippen LogP) is 3.49. The summed E-state index contributed by atoms with van der Waals surface area (Å²) in [5, 5.41) is 9.11. The van der Waals surface area contributed by atoms with Gasteiger partial charge in [-0.1, -0.05) is 42.5 Å². The second kappa shape index (κ2) is 7.59. The third-order valence-electron chi connectivity index (χ3n) is 4.17. The molecule has 1 atom stereocenters. The average molecular weight is 333 g/mol. The quantitative estimate of drug-likeness (QED) is 0.554. The first kappa shape index (κ1) is 16.7. The lowest BCUT2D eigenvalue weighted by Crippen LogP contribution is -2.27. The molecular formula is C20H19N3O2. The Morgan fingerprint density at radius 2 is 1.48 bits per heavy atom. The second-order valence-corrected chi connectivity index (χ2v) is 5.68. The van der Waals surface area contributed by atoms with Gasteiger partial charge in [-0.25, -0.2) is 5.48 Å². The fourth-order valence-electron chi connectivity index (χ4n) is 2.81. The SMILES string of the molecule is CN(c1ccncc1)c1ccc(C(C(=O)NO)c2ccccc2)cc1. The van der Waals surface area contributed by atoms with Gasteiger partial charge < -0.3 is 4.90 Å². The summed E-state index contributed by atoms with van der Waals surface area (Å²) < 4.78 is 0. The zero-order valence-corrected chi connectivity index (χ0v) is 13.8. The largest absolute Gasteiger partial charge is 0.345 e. The summed E-state index contributed by atoms with van der Waals surface area (Å²) in [4.78, 5) is 18.2. The first-order chi connectivity index (χ1) is 12.2. The molecular weight excluding hydrogens is 314 g/mol. The molecule has 1 aromatic heterocycles. The van der Waals surface area contributed by atoms with Gasteiger partial charge in [0.25, 0.3) is 5.91 Å². The van der Waals surface area contributed by atoms with E-state index < -0.39 is 11.8 Å². The fourth-order valence-corrected chi connectivity index (χ4v) is 2.81. The third-order valence-corrected chi connectivity index (χ3v) is 4.17. The Morgan fingerprint density at radius 1 is 0.920 bits per heavy atom. The Morgan fingerprint density at radius 3 is 2.08 bits per heavy atom. The number of rotatable bonds is 5. The first-order valence-corrected chi connectivity index (χ1v) is 7.93. The number of aromatic nitrogens is 1. The van der Waals surface area contributed by atoms with Crippen LogP contribution in [0.2, 0.25) is 0 Å². The molecule has 0 fully saturated rings. The standard InChI is InChI=1S/C20H19N3O2/c1-23(18-11-13-21-14-12-18)17-9-7-16(8-10-17)19(20(24)22-25)15-5-3-2-4-6-15/h2-14,19,25H,1H3,(H,22,24). The number of hydrogen-bond acceptors (Lipinski definition) is 4. The molecule has 3 aromatic rings. The van der Waals surface area contributed by atoms with E-state index in [2.05, 4.69) is 4.98 Å². The van der Waals surface area contributed by atoms with Gasteiger partial charge in [-0.05, 0) is 35.4 Å². The van der Waals surface area contributed by atoms with Crippen LogP contribution in [0.4, 0.5) is 11.4 Å². The Labute approximate surface area is 146 Å². The number of carbonyl (C=O) groups is 1. The van der Waals surface area contributed by atoms with E-state index >= 15 is 0 Å². The van der Waals surface area contributed by atoms with E-state index in [0.29, 0.717) is 0 Å². The van der Waals surface area contributed by atoms with Gasteiger partial charge in [0.05, 0.1) is 5.92 Å². The summed E-state index contributed by atoms with van der Waals surface area (Å²) in [7, 11) is 1.97. The van der Waals surface area contributed by atoms with Crippen LogP contribution in [0.25, 0.3) is 0 Å². The molecule has 0 aliphatic rings. The Bertz CT molecular complexity index is 821. The number of nitrogens with zero attached hydrogens (tertiary/aromatic N) is 2. The smallest absolute Gasteiger partial charge is 0.255 e. The van der Waals surface area contributed by atoms with E-state index in [9.17, 15) is 4.79 Å². The average Bonchev–Trinajstić information content (AvgIpc) is 2.69. The maximum absolute atomic E-state index is 12.2. The van der Waals surface area contributed by atoms with Gasteiger partial charge >= 0.3 is 0 Å². The van der Waals surface area contributed by atoms with Crippen molar-refractivity contribution in [2.24, 2.45) is 0 Å². The minimum atomic E-state index is -0.563. The van der Waals surface area contributed by atoms with Gasteiger partial charge in [-0.2, -0.15) is 0 Å². The van der Waals surface area contributed by atoms with E-state index in [-0.39, 0.29) is 0 Å². The summed E-state index contributed by atoms with van der Waals surface area (Å²) in [6.07, 6.45) is 3.49. The van der Waals surface area contributed by atoms with Gasteiger partial charge in [-0.15, -0.1) is 0 Å². The number of hydroxylamine groups is 1. The van der Waals surface area contributed by atoms with Crippen LogP contribution >= 0.6 is 0 Å². The van der Waals surface area contributed by atoms with E-state index in [1.54, 1.807) is 17.9 Å². The Kier molecular flexibility index (Phi) is 5.06. The molecule has 0 radical (unpaired) electrons. The van der Waals surface area contributed by atoms with E-state index in [1.807, 2.05) is 78.7 Å². The maximum Gasteiger partial charge on any atom is 0.255 e. The topological polar surface area (TPSA) is 65.5 Å². The molecule has 0 aliphatic heterocycles. The zero-order valence-electron chi connectivity index (χ0n) is 13.8. The highest BCUT2D eigenvalue weighted by Gasteiger charge is 2.22. The van der Waals surface area contributed by atoms with E-state index in [0.717, 1.165) is 22.5 Å². The molecule has 0 aliphatic carbocycles. The molecule has 5 nitrogen and oxygen atoms in total. The third kappa shape index (κ3) is 3.67. The van der Waals surface area contributed by atoms with Crippen LogP contribution in [-0.4, -0.2) is 23.1 Å². The van der Waals surface area contributed by atoms with Crippen molar-refractivity contribution in [1.82, 2.24) is 10.5 Å². The van der Waals surface area contributed by atoms with E-state index in [4.69, 9.17) is 5.21 Å². The summed E-state index contributed by atoms with van der Waals surface area (Å²) in [5.41, 5.74) is 5.42. The van der Waals surface area contributed by atoms with Crippen molar-refractivity contribution in [2.45, 2.75) is 5.92 Å². The lowest BCUT2D eigenvalue weighted by atomic mass is 9.90. The number of pyridine rings is 1. The molecule has 0 saturated carbocycles. The highest BCUT2D eigenvalue weighted by molar-refractivity contribution is 5.86. The number of amides is 1. The number of anilines is 2. The van der Waals surface area contributed by atoms with Crippen molar-refractivity contribution in [3.8, 4) is 0 Å². The molecule has 0 saturated heterocycles. The van der Waals surface area contributed by atoms with Crippen LogP contribution in [0.5, 0.6) is 0 Å². The van der Waals surface area contributed by atoms with Crippen LogP contribution < -0.4 is 10.4 Å². The molecule has 0 spiro atoms. The van der Waals surface area contributed by atoms with Crippen LogP contribution in [-0.2, 0) is 4.79 Å². The van der Waals surface area contributed by atoms with Gasteiger partial charge in [0, 0.05) is 30.8 Å². The molecule has 2 aromatic carbocycles. The maximum atomic E-state index is 12.2. The molecule has 5 heteroatoms. The van der Waals surface area contributed by atoms with Crippen LogP contribution in [0, 0.1) is 0 Å². The number of nitrogens with one attached hydrogen (secondary N) is 1. The lowest BCUT2D eigenvalue weighted by molar-refractivity contribution is -0.129. The predicted molar refractivity (Wildman–Crippen MR) is 97.0 cm³/mol. The zero-order chi connectivity index (χ0) is 17.6. The van der Waals surface area contributed by atoms with Crippen molar-refractivity contribution in [3.63, 3.8) is 0 Å². The van der Waals surface area contributed by atoms with Crippen molar-refractivity contribution in [3.05, 3.63) is 90.3 Å².